The number of rotatable bonds is 6. The SMILES string of the molecule is COc1ccc(CC(=O)N/N=C\c2ccc(-c3ccc(Br)cc3)o2)cc1. The molecule has 0 aliphatic heterocycles. The zero-order valence-electron chi connectivity index (χ0n) is 14.1. The lowest BCUT2D eigenvalue weighted by molar-refractivity contribution is -0.120. The van der Waals surface area contributed by atoms with Crippen molar-refractivity contribution in [2.75, 3.05) is 7.11 Å². The molecule has 2 aromatic carbocycles. The van der Waals surface area contributed by atoms with E-state index in [2.05, 4.69) is 26.5 Å². The van der Waals surface area contributed by atoms with Crippen molar-refractivity contribution < 1.29 is 13.9 Å². The summed E-state index contributed by atoms with van der Waals surface area (Å²) in [5.41, 5.74) is 4.35. The molecule has 0 saturated heterocycles. The third kappa shape index (κ3) is 4.83. The quantitative estimate of drug-likeness (QED) is 0.481. The van der Waals surface area contributed by atoms with Crippen LogP contribution in [0.4, 0.5) is 0 Å². The van der Waals surface area contributed by atoms with Crippen molar-refractivity contribution in [1.29, 1.82) is 0 Å². The van der Waals surface area contributed by atoms with Gasteiger partial charge in [-0.05, 0) is 42.0 Å². The Morgan fingerprint density at radius 1 is 1.12 bits per heavy atom. The average Bonchev–Trinajstić information content (AvgIpc) is 3.12. The molecular formula is C20H17BrN2O3. The molecule has 26 heavy (non-hydrogen) atoms. The molecule has 0 spiro atoms. The van der Waals surface area contributed by atoms with E-state index in [-0.39, 0.29) is 12.3 Å². The fourth-order valence-electron chi connectivity index (χ4n) is 2.33. The maximum absolute atomic E-state index is 11.9. The van der Waals surface area contributed by atoms with Gasteiger partial charge < -0.3 is 9.15 Å². The second-order valence-electron chi connectivity index (χ2n) is 5.53. The van der Waals surface area contributed by atoms with Gasteiger partial charge in [0.1, 0.15) is 17.3 Å². The van der Waals surface area contributed by atoms with E-state index in [9.17, 15) is 4.79 Å². The van der Waals surface area contributed by atoms with Crippen LogP contribution >= 0.6 is 15.9 Å². The monoisotopic (exact) mass is 412 g/mol. The first-order valence-corrected chi connectivity index (χ1v) is 8.74. The van der Waals surface area contributed by atoms with Crippen molar-refractivity contribution in [3.05, 3.63) is 76.5 Å². The van der Waals surface area contributed by atoms with Gasteiger partial charge in [-0.25, -0.2) is 5.43 Å². The molecule has 0 saturated carbocycles. The zero-order valence-corrected chi connectivity index (χ0v) is 15.7. The number of amides is 1. The normalized spacial score (nSPS) is 10.8. The molecule has 0 aliphatic rings. The van der Waals surface area contributed by atoms with E-state index in [0.717, 1.165) is 27.1 Å². The van der Waals surface area contributed by atoms with Gasteiger partial charge in [0.05, 0.1) is 19.7 Å². The van der Waals surface area contributed by atoms with Gasteiger partial charge in [-0.3, -0.25) is 4.79 Å². The fourth-order valence-corrected chi connectivity index (χ4v) is 2.59. The number of ether oxygens (including phenoxy) is 1. The summed E-state index contributed by atoms with van der Waals surface area (Å²) < 4.78 is 11.8. The molecule has 0 fully saturated rings. The van der Waals surface area contributed by atoms with Crippen LogP contribution in [0.5, 0.6) is 5.75 Å². The van der Waals surface area contributed by atoms with Crippen molar-refractivity contribution >= 4 is 28.1 Å². The van der Waals surface area contributed by atoms with Crippen LogP contribution in [0, 0.1) is 0 Å². The standard InChI is InChI=1S/C20H17BrN2O3/c1-25-17-8-2-14(3-9-17)12-20(24)23-22-13-18-10-11-19(26-18)15-4-6-16(21)7-5-15/h2-11,13H,12H2,1H3,(H,23,24)/b22-13-. The zero-order chi connectivity index (χ0) is 18.4. The summed E-state index contributed by atoms with van der Waals surface area (Å²) in [4.78, 5) is 11.9. The highest BCUT2D eigenvalue weighted by Gasteiger charge is 2.05. The number of carbonyl (C=O) groups is 1. The van der Waals surface area contributed by atoms with Crippen molar-refractivity contribution in [1.82, 2.24) is 5.43 Å². The Balaban J connectivity index is 1.54. The average molecular weight is 413 g/mol. The van der Waals surface area contributed by atoms with Gasteiger partial charge in [-0.2, -0.15) is 5.10 Å². The molecule has 0 atom stereocenters. The predicted octanol–water partition coefficient (Wildman–Crippen LogP) is 4.41. The van der Waals surface area contributed by atoms with Crippen molar-refractivity contribution in [2.24, 2.45) is 5.10 Å². The third-order valence-corrected chi connectivity index (χ3v) is 4.19. The minimum absolute atomic E-state index is 0.203. The maximum Gasteiger partial charge on any atom is 0.244 e. The van der Waals surface area contributed by atoms with E-state index in [0.29, 0.717) is 5.76 Å². The molecule has 3 rings (SSSR count). The Kier molecular flexibility index (Phi) is 5.86. The molecule has 132 valence electrons. The molecule has 0 bridgehead atoms. The van der Waals surface area contributed by atoms with Gasteiger partial charge in [-0.1, -0.05) is 40.2 Å². The van der Waals surface area contributed by atoms with Crippen LogP contribution in [0.3, 0.4) is 0 Å². The molecule has 0 unspecified atom stereocenters. The van der Waals surface area contributed by atoms with Crippen molar-refractivity contribution in [3.8, 4) is 17.1 Å². The van der Waals surface area contributed by atoms with Crippen LogP contribution in [-0.2, 0) is 11.2 Å². The number of halogens is 1. The molecule has 0 aliphatic carbocycles. The predicted molar refractivity (Wildman–Crippen MR) is 104 cm³/mol. The fraction of sp³-hybridized carbons (Fsp3) is 0.100. The van der Waals surface area contributed by atoms with E-state index in [4.69, 9.17) is 9.15 Å². The molecule has 1 N–H and O–H groups in total. The summed E-state index contributed by atoms with van der Waals surface area (Å²) in [5.74, 6) is 1.86. The third-order valence-electron chi connectivity index (χ3n) is 3.66. The summed E-state index contributed by atoms with van der Waals surface area (Å²) in [6.45, 7) is 0. The number of nitrogens with zero attached hydrogens (tertiary/aromatic N) is 1. The molecule has 5 nitrogen and oxygen atoms in total. The highest BCUT2D eigenvalue weighted by atomic mass is 79.9. The number of hydrogen-bond acceptors (Lipinski definition) is 4. The number of hydrazone groups is 1. The largest absolute Gasteiger partial charge is 0.497 e. The lowest BCUT2D eigenvalue weighted by Crippen LogP contribution is -2.19. The summed E-state index contributed by atoms with van der Waals surface area (Å²) in [6.07, 6.45) is 1.72. The number of methoxy groups -OCH3 is 1. The molecule has 1 amide bonds. The number of benzene rings is 2. The first-order valence-electron chi connectivity index (χ1n) is 7.94. The topological polar surface area (TPSA) is 63.8 Å². The van der Waals surface area contributed by atoms with Gasteiger partial charge in [0, 0.05) is 10.0 Å². The van der Waals surface area contributed by atoms with Crippen LogP contribution in [0.2, 0.25) is 0 Å². The lowest BCUT2D eigenvalue weighted by Gasteiger charge is -2.02. The summed E-state index contributed by atoms with van der Waals surface area (Å²) in [7, 11) is 1.60. The minimum atomic E-state index is -0.203. The molecule has 1 heterocycles. The van der Waals surface area contributed by atoms with Crippen LogP contribution in [-0.4, -0.2) is 19.2 Å². The van der Waals surface area contributed by atoms with Gasteiger partial charge >= 0.3 is 0 Å². The molecule has 1 aromatic heterocycles. The van der Waals surface area contributed by atoms with E-state index in [1.165, 1.54) is 6.21 Å². The maximum atomic E-state index is 11.9. The number of furan rings is 1. The van der Waals surface area contributed by atoms with E-state index >= 15 is 0 Å². The van der Waals surface area contributed by atoms with Gasteiger partial charge in [0.2, 0.25) is 5.91 Å². The molecule has 0 radical (unpaired) electrons. The highest BCUT2D eigenvalue weighted by molar-refractivity contribution is 9.10. The number of hydrogen-bond donors (Lipinski definition) is 1. The van der Waals surface area contributed by atoms with Crippen molar-refractivity contribution in [2.45, 2.75) is 6.42 Å². The lowest BCUT2D eigenvalue weighted by atomic mass is 10.1. The summed E-state index contributed by atoms with van der Waals surface area (Å²) in [5, 5.41) is 3.94. The Bertz CT molecular complexity index is 900. The van der Waals surface area contributed by atoms with Crippen LogP contribution < -0.4 is 10.2 Å². The first-order chi connectivity index (χ1) is 12.6. The van der Waals surface area contributed by atoms with Gasteiger partial charge in [0.25, 0.3) is 0 Å². The van der Waals surface area contributed by atoms with E-state index < -0.39 is 0 Å². The summed E-state index contributed by atoms with van der Waals surface area (Å²) >= 11 is 3.40. The molecular weight excluding hydrogens is 396 g/mol. The second-order valence-corrected chi connectivity index (χ2v) is 6.44. The Morgan fingerprint density at radius 2 is 1.85 bits per heavy atom. The first kappa shape index (κ1) is 17.9. The van der Waals surface area contributed by atoms with E-state index in [1.54, 1.807) is 13.2 Å². The Morgan fingerprint density at radius 3 is 2.54 bits per heavy atom. The van der Waals surface area contributed by atoms with Crippen LogP contribution in [0.1, 0.15) is 11.3 Å². The van der Waals surface area contributed by atoms with Crippen molar-refractivity contribution in [3.63, 3.8) is 0 Å². The van der Waals surface area contributed by atoms with Gasteiger partial charge in [0.15, 0.2) is 0 Å². The smallest absolute Gasteiger partial charge is 0.244 e. The minimum Gasteiger partial charge on any atom is -0.497 e. The Hall–Kier alpha value is -2.86. The highest BCUT2D eigenvalue weighted by Crippen LogP contribution is 2.23. The molecule has 6 heteroatoms. The summed E-state index contributed by atoms with van der Waals surface area (Å²) in [6, 6.07) is 18.8. The number of carbonyl (C=O) groups excluding carboxylic acids is 1. The second kappa shape index (κ2) is 8.49. The molecule has 3 aromatic rings. The Labute approximate surface area is 159 Å². The van der Waals surface area contributed by atoms with Gasteiger partial charge in [-0.15, -0.1) is 0 Å². The number of nitrogens with one attached hydrogen (secondary N) is 1. The van der Waals surface area contributed by atoms with E-state index in [1.807, 2.05) is 54.6 Å². The van der Waals surface area contributed by atoms with Crippen LogP contribution in [0.15, 0.2) is 74.7 Å². The van der Waals surface area contributed by atoms with Crippen LogP contribution in [0.25, 0.3) is 11.3 Å².